The fourth-order valence-electron chi connectivity index (χ4n) is 3.60. The van der Waals surface area contributed by atoms with Gasteiger partial charge in [0.2, 0.25) is 0 Å². The standard InChI is InChI=1S/C23H28N6/c1-17-18(2)27-23(20-9-5-6-12-24-20)28-22(17)26-16-19-10-11-21(25-15-19)29-13-7-3-4-8-14-29/h5-6,9-12,15H,3-4,7-8,13-14,16H2,1-2H3,(H,26,27,28). The topological polar surface area (TPSA) is 66.8 Å². The van der Waals surface area contributed by atoms with Gasteiger partial charge in [-0.1, -0.05) is 25.0 Å². The third-order valence-electron chi connectivity index (χ3n) is 5.48. The summed E-state index contributed by atoms with van der Waals surface area (Å²) < 4.78 is 0. The highest BCUT2D eigenvalue weighted by atomic mass is 15.2. The normalized spacial score (nSPS) is 14.5. The molecule has 0 unspecified atom stereocenters. The highest BCUT2D eigenvalue weighted by molar-refractivity contribution is 5.56. The maximum atomic E-state index is 4.71. The zero-order valence-electron chi connectivity index (χ0n) is 17.2. The van der Waals surface area contributed by atoms with Crippen molar-refractivity contribution >= 4 is 11.6 Å². The van der Waals surface area contributed by atoms with Gasteiger partial charge < -0.3 is 10.2 Å². The summed E-state index contributed by atoms with van der Waals surface area (Å²) in [6.45, 7) is 6.94. The minimum atomic E-state index is 0.644. The van der Waals surface area contributed by atoms with Crippen LogP contribution in [0.15, 0.2) is 42.7 Å². The van der Waals surface area contributed by atoms with E-state index < -0.39 is 0 Å². The van der Waals surface area contributed by atoms with E-state index in [9.17, 15) is 0 Å². The molecule has 6 heteroatoms. The Morgan fingerprint density at radius 1 is 0.931 bits per heavy atom. The van der Waals surface area contributed by atoms with Crippen LogP contribution in [0.2, 0.25) is 0 Å². The van der Waals surface area contributed by atoms with Crippen molar-refractivity contribution in [3.63, 3.8) is 0 Å². The lowest BCUT2D eigenvalue weighted by molar-refractivity contribution is 0.726. The van der Waals surface area contributed by atoms with Crippen LogP contribution in [0.25, 0.3) is 11.5 Å². The van der Waals surface area contributed by atoms with Gasteiger partial charge in [-0.05, 0) is 50.5 Å². The number of hydrogen-bond acceptors (Lipinski definition) is 6. The highest BCUT2D eigenvalue weighted by Gasteiger charge is 2.12. The van der Waals surface area contributed by atoms with E-state index in [0.717, 1.165) is 47.2 Å². The van der Waals surface area contributed by atoms with Crippen molar-refractivity contribution in [3.05, 3.63) is 59.5 Å². The van der Waals surface area contributed by atoms with E-state index in [1.807, 2.05) is 38.2 Å². The van der Waals surface area contributed by atoms with E-state index in [1.54, 1.807) is 6.20 Å². The number of aryl methyl sites for hydroxylation is 1. The van der Waals surface area contributed by atoms with Crippen LogP contribution in [0.5, 0.6) is 0 Å². The van der Waals surface area contributed by atoms with Crippen molar-refractivity contribution in [1.29, 1.82) is 0 Å². The summed E-state index contributed by atoms with van der Waals surface area (Å²) in [6.07, 6.45) is 8.91. The molecule has 0 atom stereocenters. The molecule has 29 heavy (non-hydrogen) atoms. The Labute approximate surface area is 172 Å². The maximum Gasteiger partial charge on any atom is 0.180 e. The monoisotopic (exact) mass is 388 g/mol. The summed E-state index contributed by atoms with van der Waals surface area (Å²) in [4.78, 5) is 20.8. The van der Waals surface area contributed by atoms with Crippen molar-refractivity contribution in [1.82, 2.24) is 19.9 Å². The van der Waals surface area contributed by atoms with Gasteiger partial charge in [-0.2, -0.15) is 0 Å². The molecule has 3 aromatic heterocycles. The van der Waals surface area contributed by atoms with Crippen LogP contribution in [-0.2, 0) is 6.54 Å². The fourth-order valence-corrected chi connectivity index (χ4v) is 3.60. The summed E-state index contributed by atoms with van der Waals surface area (Å²) in [5, 5.41) is 3.46. The van der Waals surface area contributed by atoms with Gasteiger partial charge >= 0.3 is 0 Å². The number of rotatable bonds is 5. The second-order valence-electron chi connectivity index (χ2n) is 7.60. The molecule has 0 bridgehead atoms. The molecule has 1 N–H and O–H groups in total. The summed E-state index contributed by atoms with van der Waals surface area (Å²) >= 11 is 0. The molecule has 1 aliphatic heterocycles. The lowest BCUT2D eigenvalue weighted by Crippen LogP contribution is -2.24. The molecule has 0 spiro atoms. The number of nitrogens with one attached hydrogen (secondary N) is 1. The van der Waals surface area contributed by atoms with Crippen molar-refractivity contribution in [2.45, 2.75) is 46.1 Å². The third-order valence-corrected chi connectivity index (χ3v) is 5.48. The van der Waals surface area contributed by atoms with E-state index in [1.165, 1.54) is 25.7 Å². The van der Waals surface area contributed by atoms with Crippen LogP contribution in [0, 0.1) is 13.8 Å². The minimum absolute atomic E-state index is 0.644. The number of nitrogens with zero attached hydrogens (tertiary/aromatic N) is 5. The minimum Gasteiger partial charge on any atom is -0.366 e. The van der Waals surface area contributed by atoms with Crippen LogP contribution in [0.3, 0.4) is 0 Å². The zero-order valence-corrected chi connectivity index (χ0v) is 17.2. The second-order valence-corrected chi connectivity index (χ2v) is 7.60. The first-order chi connectivity index (χ1) is 14.2. The lowest BCUT2D eigenvalue weighted by Gasteiger charge is -2.21. The number of hydrogen-bond donors (Lipinski definition) is 1. The third kappa shape index (κ3) is 4.70. The van der Waals surface area contributed by atoms with Crippen molar-refractivity contribution in [3.8, 4) is 11.5 Å². The van der Waals surface area contributed by atoms with E-state index in [4.69, 9.17) is 9.97 Å². The van der Waals surface area contributed by atoms with Gasteiger partial charge in [0, 0.05) is 43.3 Å². The van der Waals surface area contributed by atoms with Crippen LogP contribution < -0.4 is 10.2 Å². The average molecular weight is 389 g/mol. The first-order valence-corrected chi connectivity index (χ1v) is 10.4. The molecule has 0 aromatic carbocycles. The van der Waals surface area contributed by atoms with Crippen molar-refractivity contribution < 1.29 is 0 Å². The lowest BCUT2D eigenvalue weighted by atomic mass is 10.2. The summed E-state index contributed by atoms with van der Waals surface area (Å²) in [6, 6.07) is 10.1. The van der Waals surface area contributed by atoms with Gasteiger partial charge in [-0.3, -0.25) is 4.98 Å². The zero-order chi connectivity index (χ0) is 20.1. The molecule has 1 saturated heterocycles. The van der Waals surface area contributed by atoms with E-state index in [-0.39, 0.29) is 0 Å². The molecule has 0 saturated carbocycles. The van der Waals surface area contributed by atoms with Crippen molar-refractivity contribution in [2.75, 3.05) is 23.3 Å². The Morgan fingerprint density at radius 2 is 1.76 bits per heavy atom. The van der Waals surface area contributed by atoms with E-state index in [2.05, 4.69) is 32.3 Å². The molecular formula is C23H28N6. The molecule has 6 nitrogen and oxygen atoms in total. The van der Waals surface area contributed by atoms with Crippen LogP contribution in [0.4, 0.5) is 11.6 Å². The van der Waals surface area contributed by atoms with Gasteiger partial charge in [0.1, 0.15) is 17.3 Å². The van der Waals surface area contributed by atoms with Gasteiger partial charge in [-0.25, -0.2) is 15.0 Å². The van der Waals surface area contributed by atoms with Crippen LogP contribution in [-0.4, -0.2) is 33.0 Å². The second kappa shape index (κ2) is 8.99. The molecule has 1 aliphatic rings. The number of anilines is 2. The first-order valence-electron chi connectivity index (χ1n) is 10.4. The Bertz CT molecular complexity index is 932. The van der Waals surface area contributed by atoms with Gasteiger partial charge in [0.05, 0.1) is 0 Å². The molecule has 3 aromatic rings. The first kappa shape index (κ1) is 19.3. The van der Waals surface area contributed by atoms with Gasteiger partial charge in [-0.15, -0.1) is 0 Å². The predicted octanol–water partition coefficient (Wildman–Crippen LogP) is 4.54. The number of aromatic nitrogens is 4. The highest BCUT2D eigenvalue weighted by Crippen LogP contribution is 2.21. The fraction of sp³-hybridized carbons (Fsp3) is 0.391. The Hall–Kier alpha value is -3.02. The van der Waals surface area contributed by atoms with E-state index in [0.29, 0.717) is 12.4 Å². The van der Waals surface area contributed by atoms with Crippen LogP contribution >= 0.6 is 0 Å². The van der Waals surface area contributed by atoms with Gasteiger partial charge in [0.15, 0.2) is 5.82 Å². The molecule has 0 amide bonds. The van der Waals surface area contributed by atoms with Gasteiger partial charge in [0.25, 0.3) is 0 Å². The Morgan fingerprint density at radius 3 is 2.45 bits per heavy atom. The molecule has 4 rings (SSSR count). The number of pyridine rings is 2. The summed E-state index contributed by atoms with van der Waals surface area (Å²) in [7, 11) is 0. The molecular weight excluding hydrogens is 360 g/mol. The Kier molecular flexibility index (Phi) is 5.98. The molecule has 0 aliphatic carbocycles. The van der Waals surface area contributed by atoms with Crippen molar-refractivity contribution in [2.24, 2.45) is 0 Å². The Balaban J connectivity index is 1.46. The quantitative estimate of drug-likeness (QED) is 0.692. The summed E-state index contributed by atoms with van der Waals surface area (Å²) in [5.74, 6) is 2.57. The molecule has 1 fully saturated rings. The van der Waals surface area contributed by atoms with Crippen LogP contribution in [0.1, 0.15) is 42.5 Å². The largest absolute Gasteiger partial charge is 0.366 e. The molecule has 4 heterocycles. The molecule has 150 valence electrons. The SMILES string of the molecule is Cc1nc(-c2ccccn2)nc(NCc2ccc(N3CCCCCC3)nc2)c1C. The molecule has 0 radical (unpaired) electrons. The maximum absolute atomic E-state index is 4.71. The van der Waals surface area contributed by atoms with E-state index >= 15 is 0 Å². The smallest absolute Gasteiger partial charge is 0.180 e. The predicted molar refractivity (Wildman–Crippen MR) is 117 cm³/mol. The summed E-state index contributed by atoms with van der Waals surface area (Å²) in [5.41, 5.74) is 3.93. The average Bonchev–Trinajstić information content (AvgIpc) is 3.05.